The number of unbranched alkanes of at least 4 members (excludes halogenated alkanes) is 1. The molecule has 1 aliphatic rings. The number of benzene rings is 1. The fourth-order valence-corrected chi connectivity index (χ4v) is 2.87. The number of rotatable bonds is 7. The van der Waals surface area contributed by atoms with Crippen LogP contribution in [0, 0.1) is 17.2 Å². The molecular weight excluding hydrogens is 260 g/mol. The van der Waals surface area contributed by atoms with Crippen LogP contribution in [0.2, 0.25) is 0 Å². The second-order valence-electron chi connectivity index (χ2n) is 5.88. The Morgan fingerprint density at radius 1 is 1.19 bits per heavy atom. The molecule has 1 aromatic carbocycles. The molecule has 0 aliphatic heterocycles. The van der Waals surface area contributed by atoms with Crippen LogP contribution in [0.25, 0.3) is 0 Å². The fourth-order valence-electron chi connectivity index (χ4n) is 2.87. The van der Waals surface area contributed by atoms with Gasteiger partial charge in [-0.05, 0) is 37.3 Å². The fraction of sp³-hybridized carbons (Fsp3) is 0.611. The first-order valence-electron chi connectivity index (χ1n) is 8.22. The molecule has 0 atom stereocenters. The summed E-state index contributed by atoms with van der Waals surface area (Å²) in [5.41, 5.74) is 1.14. The van der Waals surface area contributed by atoms with Crippen molar-refractivity contribution in [3.8, 4) is 11.8 Å². The molecule has 3 nitrogen and oxygen atoms in total. The molecule has 1 aromatic rings. The van der Waals surface area contributed by atoms with E-state index < -0.39 is 0 Å². The highest BCUT2D eigenvalue weighted by Gasteiger charge is 2.11. The van der Waals surface area contributed by atoms with Crippen LogP contribution in [-0.2, 0) is 0 Å². The van der Waals surface area contributed by atoms with E-state index in [0.29, 0.717) is 13.0 Å². The highest BCUT2D eigenvalue weighted by atomic mass is 16.5. The zero-order valence-electron chi connectivity index (χ0n) is 12.8. The van der Waals surface area contributed by atoms with Gasteiger partial charge < -0.3 is 10.1 Å². The van der Waals surface area contributed by atoms with Gasteiger partial charge in [0.25, 0.3) is 0 Å². The van der Waals surface area contributed by atoms with Crippen molar-refractivity contribution in [1.29, 1.82) is 5.26 Å². The van der Waals surface area contributed by atoms with Crippen molar-refractivity contribution in [1.82, 2.24) is 0 Å². The van der Waals surface area contributed by atoms with Gasteiger partial charge in [0.15, 0.2) is 0 Å². The Kier molecular flexibility index (Phi) is 6.94. The lowest BCUT2D eigenvalue weighted by Crippen LogP contribution is -2.13. The zero-order valence-corrected chi connectivity index (χ0v) is 12.8. The zero-order chi connectivity index (χ0) is 14.8. The van der Waals surface area contributed by atoms with E-state index in [-0.39, 0.29) is 0 Å². The van der Waals surface area contributed by atoms with E-state index in [1.807, 2.05) is 12.1 Å². The maximum atomic E-state index is 8.51. The Balaban J connectivity index is 1.76. The Hall–Kier alpha value is -1.69. The summed E-state index contributed by atoms with van der Waals surface area (Å²) in [4.78, 5) is 0. The predicted octanol–water partition coefficient (Wildman–Crippen LogP) is 4.75. The summed E-state index contributed by atoms with van der Waals surface area (Å²) < 4.78 is 5.67. The van der Waals surface area contributed by atoms with Gasteiger partial charge >= 0.3 is 0 Å². The van der Waals surface area contributed by atoms with E-state index in [2.05, 4.69) is 23.5 Å². The van der Waals surface area contributed by atoms with E-state index in [1.165, 1.54) is 38.5 Å². The Labute approximate surface area is 128 Å². The number of nitrogens with one attached hydrogen (secondary N) is 1. The van der Waals surface area contributed by atoms with Gasteiger partial charge in [-0.3, -0.25) is 0 Å². The van der Waals surface area contributed by atoms with Gasteiger partial charge in [-0.2, -0.15) is 5.26 Å². The molecule has 1 aliphatic carbocycles. The second-order valence-corrected chi connectivity index (χ2v) is 5.88. The van der Waals surface area contributed by atoms with Crippen molar-refractivity contribution < 1.29 is 4.74 Å². The Morgan fingerprint density at radius 2 is 2.00 bits per heavy atom. The molecule has 0 amide bonds. The molecule has 0 heterocycles. The minimum absolute atomic E-state index is 0.555. The van der Waals surface area contributed by atoms with Crippen molar-refractivity contribution in [3.63, 3.8) is 0 Å². The summed E-state index contributed by atoms with van der Waals surface area (Å²) in [7, 11) is 0. The number of nitriles is 1. The topological polar surface area (TPSA) is 45.0 Å². The van der Waals surface area contributed by atoms with Crippen molar-refractivity contribution in [2.45, 2.75) is 51.4 Å². The average Bonchev–Trinajstić information content (AvgIpc) is 2.79. The first-order chi connectivity index (χ1) is 10.4. The van der Waals surface area contributed by atoms with Crippen LogP contribution in [-0.4, -0.2) is 13.2 Å². The van der Waals surface area contributed by atoms with Crippen molar-refractivity contribution in [2.75, 3.05) is 18.5 Å². The molecule has 0 spiro atoms. The molecule has 1 saturated carbocycles. The number of hydrogen-bond donors (Lipinski definition) is 1. The molecule has 3 heteroatoms. The third-order valence-corrected chi connectivity index (χ3v) is 4.11. The molecule has 2 rings (SSSR count). The smallest absolute Gasteiger partial charge is 0.121 e. The lowest BCUT2D eigenvalue weighted by atomic mass is 10.0. The summed E-state index contributed by atoms with van der Waals surface area (Å²) >= 11 is 0. The summed E-state index contributed by atoms with van der Waals surface area (Å²) in [6.45, 7) is 1.68. The Morgan fingerprint density at radius 3 is 2.76 bits per heavy atom. The van der Waals surface area contributed by atoms with Gasteiger partial charge in [0, 0.05) is 24.7 Å². The average molecular weight is 286 g/mol. The summed E-state index contributed by atoms with van der Waals surface area (Å²) in [5.74, 6) is 1.70. The third kappa shape index (κ3) is 6.08. The van der Waals surface area contributed by atoms with Crippen LogP contribution < -0.4 is 10.1 Å². The third-order valence-electron chi connectivity index (χ3n) is 4.11. The predicted molar refractivity (Wildman–Crippen MR) is 86.5 cm³/mol. The summed E-state index contributed by atoms with van der Waals surface area (Å²) in [6.07, 6.45) is 9.64. The monoisotopic (exact) mass is 286 g/mol. The van der Waals surface area contributed by atoms with Gasteiger partial charge in [0.1, 0.15) is 5.75 Å². The number of anilines is 1. The van der Waals surface area contributed by atoms with Gasteiger partial charge in [0.05, 0.1) is 12.7 Å². The SMILES string of the molecule is N#CCCCOc1cccc(NCC2CCCCCC2)c1. The molecule has 21 heavy (non-hydrogen) atoms. The van der Waals surface area contributed by atoms with Crippen LogP contribution in [0.5, 0.6) is 5.75 Å². The minimum atomic E-state index is 0.555. The van der Waals surface area contributed by atoms with Gasteiger partial charge in [-0.1, -0.05) is 31.7 Å². The molecular formula is C18H26N2O. The highest BCUT2D eigenvalue weighted by molar-refractivity contribution is 5.48. The van der Waals surface area contributed by atoms with Crippen LogP contribution in [0.15, 0.2) is 24.3 Å². The minimum Gasteiger partial charge on any atom is -0.493 e. The molecule has 0 radical (unpaired) electrons. The van der Waals surface area contributed by atoms with E-state index in [0.717, 1.165) is 30.3 Å². The second kappa shape index (κ2) is 9.28. The molecule has 1 N–H and O–H groups in total. The van der Waals surface area contributed by atoms with Crippen molar-refractivity contribution in [2.24, 2.45) is 5.92 Å². The standard InChI is InChI=1S/C18H26N2O/c19-12-5-6-13-21-18-11-7-10-17(14-18)20-15-16-8-3-1-2-4-9-16/h7,10-11,14,16,20H,1-6,8-9,13,15H2. The van der Waals surface area contributed by atoms with E-state index in [1.54, 1.807) is 0 Å². The first-order valence-corrected chi connectivity index (χ1v) is 8.22. The largest absolute Gasteiger partial charge is 0.493 e. The highest BCUT2D eigenvalue weighted by Crippen LogP contribution is 2.24. The van der Waals surface area contributed by atoms with Crippen LogP contribution in [0.1, 0.15) is 51.4 Å². The van der Waals surface area contributed by atoms with E-state index in [4.69, 9.17) is 10.00 Å². The first kappa shape index (κ1) is 15.7. The molecule has 1 fully saturated rings. The summed E-state index contributed by atoms with van der Waals surface area (Å²) in [5, 5.41) is 12.1. The molecule has 114 valence electrons. The maximum Gasteiger partial charge on any atom is 0.121 e. The maximum absolute atomic E-state index is 8.51. The van der Waals surface area contributed by atoms with Crippen molar-refractivity contribution in [3.05, 3.63) is 24.3 Å². The molecule has 0 aromatic heterocycles. The number of hydrogen-bond acceptors (Lipinski definition) is 3. The van der Waals surface area contributed by atoms with Gasteiger partial charge in [-0.15, -0.1) is 0 Å². The van der Waals surface area contributed by atoms with Crippen LogP contribution in [0.4, 0.5) is 5.69 Å². The van der Waals surface area contributed by atoms with Gasteiger partial charge in [-0.25, -0.2) is 0 Å². The normalized spacial score (nSPS) is 16.0. The molecule has 0 unspecified atom stereocenters. The quantitative estimate of drug-likeness (QED) is 0.581. The van der Waals surface area contributed by atoms with E-state index >= 15 is 0 Å². The van der Waals surface area contributed by atoms with Crippen LogP contribution in [0.3, 0.4) is 0 Å². The Bertz CT molecular complexity index is 445. The number of ether oxygens (including phenoxy) is 1. The lowest BCUT2D eigenvalue weighted by Gasteiger charge is -2.16. The van der Waals surface area contributed by atoms with Crippen molar-refractivity contribution >= 4 is 5.69 Å². The van der Waals surface area contributed by atoms with E-state index in [9.17, 15) is 0 Å². The lowest BCUT2D eigenvalue weighted by molar-refractivity contribution is 0.313. The summed E-state index contributed by atoms with van der Waals surface area (Å²) in [6, 6.07) is 10.3. The molecule has 0 saturated heterocycles. The van der Waals surface area contributed by atoms with Gasteiger partial charge in [0.2, 0.25) is 0 Å². The van der Waals surface area contributed by atoms with Crippen LogP contribution >= 0.6 is 0 Å². The number of nitrogens with zero attached hydrogens (tertiary/aromatic N) is 1. The molecule has 0 bridgehead atoms.